The van der Waals surface area contributed by atoms with E-state index in [1.54, 1.807) is 0 Å². The monoisotopic (exact) mass is 315 g/mol. The van der Waals surface area contributed by atoms with Crippen LogP contribution in [0.3, 0.4) is 0 Å². The van der Waals surface area contributed by atoms with Gasteiger partial charge in [-0.1, -0.05) is 12.1 Å². The van der Waals surface area contributed by atoms with E-state index in [2.05, 4.69) is 24.3 Å². The van der Waals surface area contributed by atoms with Crippen LogP contribution in [0.2, 0.25) is 0 Å². The molecule has 1 aliphatic rings. The van der Waals surface area contributed by atoms with E-state index >= 15 is 0 Å². The molecule has 0 radical (unpaired) electrons. The predicted molar refractivity (Wildman–Crippen MR) is 86.5 cm³/mol. The van der Waals surface area contributed by atoms with Crippen LogP contribution in [0.25, 0.3) is 0 Å². The first-order valence-corrected chi connectivity index (χ1v) is 8.32. The molecule has 0 saturated carbocycles. The van der Waals surface area contributed by atoms with Gasteiger partial charge < -0.3 is 15.6 Å². The van der Waals surface area contributed by atoms with E-state index in [1.165, 1.54) is 17.7 Å². The van der Waals surface area contributed by atoms with Gasteiger partial charge in [0.25, 0.3) is 0 Å². The normalized spacial score (nSPS) is 17.0. The van der Waals surface area contributed by atoms with Crippen LogP contribution < -0.4 is 5.73 Å². The van der Waals surface area contributed by atoms with Crippen molar-refractivity contribution < 1.29 is 14.2 Å². The predicted octanol–water partition coefficient (Wildman–Crippen LogP) is 2.65. The minimum Gasteiger partial charge on any atom is -0.400 e. The molecule has 120 valence electrons. The van der Waals surface area contributed by atoms with Gasteiger partial charge in [-0.25, -0.2) is 4.39 Å². The van der Waals surface area contributed by atoms with Crippen LogP contribution in [0, 0.1) is 5.92 Å². The molecule has 1 unspecified atom stereocenters. The second-order valence-electron chi connectivity index (χ2n) is 5.13. The van der Waals surface area contributed by atoms with Gasteiger partial charge in [-0.3, -0.25) is 0 Å². The van der Waals surface area contributed by atoms with Gasteiger partial charge in [0, 0.05) is 37.0 Å². The first-order valence-electron chi connectivity index (χ1n) is 7.33. The van der Waals surface area contributed by atoms with Crippen molar-refractivity contribution in [1.82, 2.24) is 0 Å². The smallest absolute Gasteiger partial charge is 0.105 e. The van der Waals surface area contributed by atoms with Gasteiger partial charge in [-0.15, -0.1) is 11.8 Å². The molecule has 1 atom stereocenters. The van der Waals surface area contributed by atoms with Crippen LogP contribution >= 0.6 is 11.8 Å². The molecule has 2 rings (SSSR count). The van der Waals surface area contributed by atoms with Crippen LogP contribution in [-0.2, 0) is 11.2 Å². The molecular formula is C16H26FNO2S. The second-order valence-corrected chi connectivity index (χ2v) is 6.22. The molecule has 1 aromatic rings. The topological polar surface area (TPSA) is 55.5 Å². The van der Waals surface area contributed by atoms with Gasteiger partial charge in [-0.05, 0) is 42.9 Å². The van der Waals surface area contributed by atoms with Crippen LogP contribution in [0.1, 0.15) is 18.4 Å². The Morgan fingerprint density at radius 1 is 1.29 bits per heavy atom. The summed E-state index contributed by atoms with van der Waals surface area (Å²) < 4.78 is 17.7. The van der Waals surface area contributed by atoms with Gasteiger partial charge in [0.15, 0.2) is 0 Å². The summed E-state index contributed by atoms with van der Waals surface area (Å²) >= 11 is 1.90. The first kappa shape index (κ1) is 18.4. The highest BCUT2D eigenvalue weighted by molar-refractivity contribution is 7.99. The average molecular weight is 315 g/mol. The zero-order valence-corrected chi connectivity index (χ0v) is 13.4. The lowest BCUT2D eigenvalue weighted by Gasteiger charge is -2.21. The lowest BCUT2D eigenvalue weighted by Crippen LogP contribution is -2.24. The molecule has 3 N–H and O–H groups in total. The van der Waals surface area contributed by atoms with Crippen LogP contribution in [0.4, 0.5) is 4.39 Å². The van der Waals surface area contributed by atoms with Gasteiger partial charge in [0.05, 0.1) is 0 Å². The first-order chi connectivity index (χ1) is 10.3. The average Bonchev–Trinajstić information content (AvgIpc) is 2.57. The Hall–Kier alpha value is -0.620. The summed E-state index contributed by atoms with van der Waals surface area (Å²) in [6.07, 6.45) is 2.97. The number of hydrogen-bond donors (Lipinski definition) is 2. The molecule has 1 saturated heterocycles. The third-order valence-electron chi connectivity index (χ3n) is 3.45. The van der Waals surface area contributed by atoms with Crippen molar-refractivity contribution in [3.63, 3.8) is 0 Å². The minimum absolute atomic E-state index is 0.374. The van der Waals surface area contributed by atoms with Gasteiger partial charge in [-0.2, -0.15) is 0 Å². The summed E-state index contributed by atoms with van der Waals surface area (Å²) in [5.74, 6) is 1.94. The third-order valence-corrected chi connectivity index (χ3v) is 4.69. The van der Waals surface area contributed by atoms with E-state index < -0.39 is 6.67 Å². The van der Waals surface area contributed by atoms with E-state index in [0.29, 0.717) is 6.42 Å². The fourth-order valence-corrected chi connectivity index (χ4v) is 3.30. The Morgan fingerprint density at radius 3 is 2.48 bits per heavy atom. The van der Waals surface area contributed by atoms with Crippen LogP contribution in [-0.4, -0.2) is 43.9 Å². The van der Waals surface area contributed by atoms with Gasteiger partial charge >= 0.3 is 0 Å². The highest BCUT2D eigenvalue weighted by Gasteiger charge is 2.13. The number of nitrogens with two attached hydrogens (primary N) is 1. The number of thioether (sulfide) groups is 1. The Labute approximate surface area is 131 Å². The molecule has 21 heavy (non-hydrogen) atoms. The van der Waals surface area contributed by atoms with Crippen molar-refractivity contribution in [3.05, 3.63) is 29.8 Å². The molecule has 0 amide bonds. The fraction of sp³-hybridized carbons (Fsp3) is 0.625. The van der Waals surface area contributed by atoms with Crippen LogP contribution in [0.15, 0.2) is 29.2 Å². The third kappa shape index (κ3) is 7.27. The molecule has 1 heterocycles. The molecule has 0 spiro atoms. The molecular weight excluding hydrogens is 289 g/mol. The maximum atomic E-state index is 12.3. The van der Waals surface area contributed by atoms with E-state index in [-0.39, 0.29) is 6.04 Å². The summed E-state index contributed by atoms with van der Waals surface area (Å²) in [7, 11) is 1.00. The highest BCUT2D eigenvalue weighted by Crippen LogP contribution is 2.26. The molecule has 1 fully saturated rings. The van der Waals surface area contributed by atoms with Crippen LogP contribution in [0.5, 0.6) is 0 Å². The van der Waals surface area contributed by atoms with Crippen molar-refractivity contribution in [2.75, 3.05) is 32.8 Å². The maximum Gasteiger partial charge on any atom is 0.105 e. The number of hydrogen-bond acceptors (Lipinski definition) is 4. The Morgan fingerprint density at radius 2 is 1.90 bits per heavy atom. The zero-order chi connectivity index (χ0) is 15.5. The Bertz CT molecular complexity index is 369. The summed E-state index contributed by atoms with van der Waals surface area (Å²) in [5, 5.41) is 7.00. The Kier molecular flexibility index (Phi) is 9.67. The largest absolute Gasteiger partial charge is 0.400 e. The van der Waals surface area contributed by atoms with Crippen molar-refractivity contribution in [2.45, 2.75) is 30.2 Å². The van der Waals surface area contributed by atoms with E-state index in [9.17, 15) is 4.39 Å². The maximum absolute atomic E-state index is 12.3. The number of aliphatic hydroxyl groups excluding tert-OH is 1. The van der Waals surface area contributed by atoms with Gasteiger partial charge in [0.2, 0.25) is 0 Å². The number of alkyl halides is 1. The van der Waals surface area contributed by atoms with Crippen molar-refractivity contribution in [2.24, 2.45) is 11.7 Å². The fourth-order valence-electron chi connectivity index (χ4n) is 2.21. The van der Waals surface area contributed by atoms with Gasteiger partial charge in [0.1, 0.15) is 6.67 Å². The number of halogens is 1. The molecule has 0 aliphatic carbocycles. The molecule has 3 nitrogen and oxygen atoms in total. The number of benzene rings is 1. The van der Waals surface area contributed by atoms with Crippen molar-refractivity contribution in [3.8, 4) is 0 Å². The quantitative estimate of drug-likeness (QED) is 0.793. The zero-order valence-electron chi connectivity index (χ0n) is 12.6. The summed E-state index contributed by atoms with van der Waals surface area (Å²) in [6.45, 7) is 1.36. The summed E-state index contributed by atoms with van der Waals surface area (Å²) in [6, 6.07) is 7.97. The SMILES string of the molecule is CO.NC(CF)Cc1ccc(SCC2CCOCC2)cc1. The number of aliphatic hydroxyl groups is 1. The lowest BCUT2D eigenvalue weighted by molar-refractivity contribution is 0.0728. The number of ether oxygens (including phenoxy) is 1. The highest BCUT2D eigenvalue weighted by atomic mass is 32.2. The summed E-state index contributed by atoms with van der Waals surface area (Å²) in [4.78, 5) is 1.28. The standard InChI is InChI=1S/C15H22FNOS.CH4O/c16-10-14(17)9-12-1-3-15(4-2-12)19-11-13-5-7-18-8-6-13;1-2/h1-4,13-14H,5-11,17H2;2H,1H3. The molecule has 1 aliphatic heterocycles. The van der Waals surface area contributed by atoms with E-state index in [0.717, 1.165) is 37.6 Å². The molecule has 1 aromatic carbocycles. The molecule has 5 heteroatoms. The van der Waals surface area contributed by atoms with E-state index in [4.69, 9.17) is 15.6 Å². The van der Waals surface area contributed by atoms with Crippen molar-refractivity contribution >= 4 is 11.8 Å². The minimum atomic E-state index is -0.458. The molecule has 0 bridgehead atoms. The van der Waals surface area contributed by atoms with Crippen molar-refractivity contribution in [1.29, 1.82) is 0 Å². The summed E-state index contributed by atoms with van der Waals surface area (Å²) in [5.41, 5.74) is 6.72. The Balaban J connectivity index is 0.00000106. The molecule has 0 aromatic heterocycles. The lowest BCUT2D eigenvalue weighted by atomic mass is 10.0. The second kappa shape index (κ2) is 11.0. The van der Waals surface area contributed by atoms with E-state index in [1.807, 2.05) is 11.8 Å². The number of rotatable bonds is 6.